The van der Waals surface area contributed by atoms with E-state index < -0.39 is 0 Å². The molecule has 2 rings (SSSR count). The van der Waals surface area contributed by atoms with Crippen LogP contribution >= 0.6 is 0 Å². The molecule has 0 amide bonds. The van der Waals surface area contributed by atoms with E-state index in [9.17, 15) is 4.79 Å². The summed E-state index contributed by atoms with van der Waals surface area (Å²) in [6.07, 6.45) is 4.75. The van der Waals surface area contributed by atoms with Crippen molar-refractivity contribution in [2.24, 2.45) is 0 Å². The van der Waals surface area contributed by atoms with Gasteiger partial charge in [0, 0.05) is 44.3 Å². The molecule has 17 heavy (non-hydrogen) atoms. The molecule has 0 atom stereocenters. The second-order valence-corrected chi connectivity index (χ2v) is 4.95. The number of methoxy groups -OCH3 is 1. The summed E-state index contributed by atoms with van der Waals surface area (Å²) in [6.45, 7) is 7.25. The van der Waals surface area contributed by atoms with Gasteiger partial charge in [0.25, 0.3) is 0 Å². The van der Waals surface area contributed by atoms with Gasteiger partial charge in [-0.25, -0.2) is 4.79 Å². The highest BCUT2D eigenvalue weighted by molar-refractivity contribution is 5.87. The molecule has 0 aromatic rings. The highest BCUT2D eigenvalue weighted by Crippen LogP contribution is 2.27. The fourth-order valence-corrected chi connectivity index (χ4v) is 2.26. The molecule has 96 valence electrons. The van der Waals surface area contributed by atoms with Crippen LogP contribution in [0.4, 0.5) is 0 Å². The van der Waals surface area contributed by atoms with Crippen molar-refractivity contribution < 1.29 is 9.53 Å². The molecule has 1 saturated heterocycles. The summed E-state index contributed by atoms with van der Waals surface area (Å²) >= 11 is 0. The molecule has 1 heterocycles. The first-order valence-corrected chi connectivity index (χ1v) is 6.42. The maximum Gasteiger partial charge on any atom is 0.333 e. The van der Waals surface area contributed by atoms with Crippen LogP contribution in [0.5, 0.6) is 0 Å². The molecule has 0 N–H and O–H groups in total. The Kier molecular flexibility index (Phi) is 4.18. The molecule has 0 bridgehead atoms. The van der Waals surface area contributed by atoms with Crippen LogP contribution in [-0.4, -0.2) is 61.6 Å². The molecule has 0 unspecified atom stereocenters. The molecule has 1 saturated carbocycles. The molecule has 0 spiro atoms. The molecule has 1 aliphatic carbocycles. The third-order valence-electron chi connectivity index (χ3n) is 3.63. The summed E-state index contributed by atoms with van der Waals surface area (Å²) in [5, 5.41) is 0. The van der Waals surface area contributed by atoms with Crippen LogP contribution in [-0.2, 0) is 9.53 Å². The van der Waals surface area contributed by atoms with Gasteiger partial charge in [-0.05, 0) is 19.8 Å². The van der Waals surface area contributed by atoms with E-state index in [1.807, 2.05) is 13.0 Å². The van der Waals surface area contributed by atoms with Gasteiger partial charge in [0.15, 0.2) is 0 Å². The summed E-state index contributed by atoms with van der Waals surface area (Å²) in [5.41, 5.74) is 0.706. The monoisotopic (exact) mass is 238 g/mol. The summed E-state index contributed by atoms with van der Waals surface area (Å²) in [7, 11) is 1.42. The topological polar surface area (TPSA) is 32.8 Å². The number of rotatable bonds is 4. The summed E-state index contributed by atoms with van der Waals surface area (Å²) in [4.78, 5) is 16.2. The highest BCUT2D eigenvalue weighted by Gasteiger charge is 2.30. The molecular formula is C13H22N2O2. The Hall–Kier alpha value is -0.870. The second-order valence-electron chi connectivity index (χ2n) is 4.95. The van der Waals surface area contributed by atoms with Crippen molar-refractivity contribution in [2.75, 3.05) is 39.8 Å². The SMILES string of the molecule is COC(=O)C(C)=CCN1CCN(C2CC2)CC1. The van der Waals surface area contributed by atoms with Crippen LogP contribution in [0, 0.1) is 0 Å². The van der Waals surface area contributed by atoms with Crippen molar-refractivity contribution in [1.82, 2.24) is 9.80 Å². The summed E-state index contributed by atoms with van der Waals surface area (Å²) < 4.78 is 4.67. The van der Waals surface area contributed by atoms with Crippen LogP contribution in [0.15, 0.2) is 11.6 Å². The van der Waals surface area contributed by atoms with Crippen molar-refractivity contribution in [3.8, 4) is 0 Å². The fourth-order valence-electron chi connectivity index (χ4n) is 2.26. The molecule has 2 aliphatic rings. The van der Waals surface area contributed by atoms with Crippen LogP contribution in [0.3, 0.4) is 0 Å². The molecular weight excluding hydrogens is 216 g/mol. The normalized spacial score (nSPS) is 23.8. The largest absolute Gasteiger partial charge is 0.466 e. The smallest absolute Gasteiger partial charge is 0.333 e. The van der Waals surface area contributed by atoms with Crippen molar-refractivity contribution >= 4 is 5.97 Å². The zero-order valence-electron chi connectivity index (χ0n) is 10.8. The second kappa shape index (κ2) is 5.65. The van der Waals surface area contributed by atoms with Gasteiger partial charge in [0.05, 0.1) is 7.11 Å². The van der Waals surface area contributed by atoms with Crippen LogP contribution in [0.2, 0.25) is 0 Å². The molecule has 2 fully saturated rings. The minimum Gasteiger partial charge on any atom is -0.466 e. The third kappa shape index (κ3) is 3.54. The average molecular weight is 238 g/mol. The first kappa shape index (κ1) is 12.6. The predicted molar refractivity (Wildman–Crippen MR) is 66.8 cm³/mol. The number of nitrogens with zero attached hydrogens (tertiary/aromatic N) is 2. The number of carbonyl (C=O) groups excluding carboxylic acids is 1. The Morgan fingerprint density at radius 3 is 2.47 bits per heavy atom. The molecule has 0 aromatic heterocycles. The zero-order valence-corrected chi connectivity index (χ0v) is 10.8. The summed E-state index contributed by atoms with van der Waals surface area (Å²) in [6, 6.07) is 0.879. The molecule has 0 radical (unpaired) electrons. The van der Waals surface area contributed by atoms with Gasteiger partial charge in [-0.3, -0.25) is 9.80 Å². The molecule has 4 heteroatoms. The highest BCUT2D eigenvalue weighted by atomic mass is 16.5. The molecule has 4 nitrogen and oxygen atoms in total. The number of piperazine rings is 1. The maximum absolute atomic E-state index is 11.2. The number of ether oxygens (including phenoxy) is 1. The van der Waals surface area contributed by atoms with E-state index in [0.29, 0.717) is 5.57 Å². The maximum atomic E-state index is 11.2. The van der Waals surface area contributed by atoms with E-state index in [1.165, 1.54) is 33.0 Å². The lowest BCUT2D eigenvalue weighted by Gasteiger charge is -2.34. The van der Waals surface area contributed by atoms with E-state index in [-0.39, 0.29) is 5.97 Å². The molecule has 0 aromatic carbocycles. The minimum atomic E-state index is -0.221. The number of hydrogen-bond donors (Lipinski definition) is 0. The van der Waals surface area contributed by atoms with Crippen molar-refractivity contribution in [1.29, 1.82) is 0 Å². The first-order valence-electron chi connectivity index (χ1n) is 6.42. The number of carbonyl (C=O) groups is 1. The fraction of sp³-hybridized carbons (Fsp3) is 0.769. The van der Waals surface area contributed by atoms with E-state index >= 15 is 0 Å². The Morgan fingerprint density at radius 2 is 1.94 bits per heavy atom. The van der Waals surface area contributed by atoms with Gasteiger partial charge >= 0.3 is 5.97 Å². The minimum absolute atomic E-state index is 0.221. The van der Waals surface area contributed by atoms with Crippen LogP contribution in [0.1, 0.15) is 19.8 Å². The average Bonchev–Trinajstić information content (AvgIpc) is 3.20. The number of hydrogen-bond acceptors (Lipinski definition) is 4. The lowest BCUT2D eigenvalue weighted by molar-refractivity contribution is -0.136. The van der Waals surface area contributed by atoms with Gasteiger partial charge in [-0.2, -0.15) is 0 Å². The number of esters is 1. The Labute approximate surface area is 103 Å². The Balaban J connectivity index is 1.72. The van der Waals surface area contributed by atoms with Gasteiger partial charge < -0.3 is 4.74 Å². The van der Waals surface area contributed by atoms with E-state index in [1.54, 1.807) is 0 Å². The van der Waals surface area contributed by atoms with Gasteiger partial charge in [-0.1, -0.05) is 6.08 Å². The Bertz CT molecular complexity index is 303. The third-order valence-corrected chi connectivity index (χ3v) is 3.63. The quantitative estimate of drug-likeness (QED) is 0.538. The van der Waals surface area contributed by atoms with Crippen molar-refractivity contribution in [2.45, 2.75) is 25.8 Å². The lowest BCUT2D eigenvalue weighted by atomic mass is 10.2. The van der Waals surface area contributed by atoms with Gasteiger partial charge in [0.2, 0.25) is 0 Å². The van der Waals surface area contributed by atoms with Gasteiger partial charge in [-0.15, -0.1) is 0 Å². The zero-order chi connectivity index (χ0) is 12.3. The van der Waals surface area contributed by atoms with Crippen molar-refractivity contribution in [3.63, 3.8) is 0 Å². The van der Waals surface area contributed by atoms with Crippen LogP contribution in [0.25, 0.3) is 0 Å². The summed E-state index contributed by atoms with van der Waals surface area (Å²) in [5.74, 6) is -0.221. The predicted octanol–water partition coefficient (Wildman–Crippen LogP) is 0.886. The van der Waals surface area contributed by atoms with Gasteiger partial charge in [0.1, 0.15) is 0 Å². The van der Waals surface area contributed by atoms with Crippen molar-refractivity contribution in [3.05, 3.63) is 11.6 Å². The van der Waals surface area contributed by atoms with E-state index in [2.05, 4.69) is 14.5 Å². The lowest BCUT2D eigenvalue weighted by Crippen LogP contribution is -2.47. The molecule has 1 aliphatic heterocycles. The standard InChI is InChI=1S/C13H22N2O2/c1-11(13(16)17-2)5-6-14-7-9-15(10-8-14)12-3-4-12/h5,12H,3-4,6-10H2,1-2H3. The van der Waals surface area contributed by atoms with E-state index in [0.717, 1.165) is 25.7 Å². The first-order chi connectivity index (χ1) is 8.20. The Morgan fingerprint density at radius 1 is 1.29 bits per heavy atom. The van der Waals surface area contributed by atoms with Crippen LogP contribution < -0.4 is 0 Å². The van der Waals surface area contributed by atoms with E-state index in [4.69, 9.17) is 0 Å².